The highest BCUT2D eigenvalue weighted by Gasteiger charge is 1.93. The molecule has 2 aromatic rings. The Hall–Kier alpha value is -3.27. The van der Waals surface area contributed by atoms with Crippen LogP contribution in [-0.2, 0) is 9.53 Å². The van der Waals surface area contributed by atoms with E-state index in [1.54, 1.807) is 0 Å². The number of aldehydes is 1. The quantitative estimate of drug-likeness (QED) is 0.387. The topological polar surface area (TPSA) is 38.3 Å². The van der Waals surface area contributed by atoms with E-state index in [0.29, 0.717) is 12.9 Å². The van der Waals surface area contributed by atoms with E-state index in [-0.39, 0.29) is 0 Å². The van der Waals surface area contributed by atoms with Gasteiger partial charge in [-0.15, -0.1) is 13.2 Å². The number of anilines is 1. The van der Waals surface area contributed by atoms with Gasteiger partial charge in [0.05, 0.1) is 6.61 Å². The molecule has 26 heavy (non-hydrogen) atoms. The molecule has 3 heteroatoms. The van der Waals surface area contributed by atoms with Crippen molar-refractivity contribution in [1.29, 1.82) is 0 Å². The van der Waals surface area contributed by atoms with Crippen molar-refractivity contribution in [3.63, 3.8) is 0 Å². The summed E-state index contributed by atoms with van der Waals surface area (Å²) in [5.74, 6) is 11.4. The summed E-state index contributed by atoms with van der Waals surface area (Å²) in [6, 6.07) is 15.5. The van der Waals surface area contributed by atoms with Crippen LogP contribution in [0.1, 0.15) is 23.6 Å². The molecule has 0 fully saturated rings. The van der Waals surface area contributed by atoms with E-state index in [1.165, 1.54) is 0 Å². The monoisotopic (exact) mass is 345 g/mol. The van der Waals surface area contributed by atoms with Crippen molar-refractivity contribution in [2.45, 2.75) is 6.92 Å². The zero-order chi connectivity index (χ0) is 19.0. The molecule has 0 aliphatic heterocycles. The van der Waals surface area contributed by atoms with Gasteiger partial charge in [0.1, 0.15) is 0 Å². The molecule has 0 heterocycles. The Morgan fingerprint density at radius 1 is 0.923 bits per heavy atom. The van der Waals surface area contributed by atoms with Crippen LogP contribution in [-0.4, -0.2) is 26.0 Å². The average Bonchev–Trinajstić information content (AvgIpc) is 2.71. The van der Waals surface area contributed by atoms with E-state index < -0.39 is 0 Å². The van der Waals surface area contributed by atoms with Crippen molar-refractivity contribution < 1.29 is 9.53 Å². The molecule has 2 aromatic carbocycles. The minimum atomic E-state index is 0.586. The number of hydrogen-bond acceptors (Lipinski definition) is 3. The predicted molar refractivity (Wildman–Crippen MR) is 108 cm³/mol. The Balaban J connectivity index is 0.00000163. The third kappa shape index (κ3) is 8.02. The number of rotatable bonds is 5. The number of hydrogen-bond donors (Lipinski definition) is 1. The summed E-state index contributed by atoms with van der Waals surface area (Å²) >= 11 is 0. The molecule has 0 aromatic heterocycles. The van der Waals surface area contributed by atoms with Crippen molar-refractivity contribution in [1.82, 2.24) is 0 Å². The van der Waals surface area contributed by atoms with Crippen LogP contribution in [0.2, 0.25) is 0 Å². The summed E-state index contributed by atoms with van der Waals surface area (Å²) in [5, 5.41) is 3.29. The van der Waals surface area contributed by atoms with Gasteiger partial charge in [-0.05, 0) is 61.4 Å². The van der Waals surface area contributed by atoms with Crippen molar-refractivity contribution >= 4 is 12.0 Å². The summed E-state index contributed by atoms with van der Waals surface area (Å²) in [7, 11) is 0. The molecule has 132 valence electrons. The fourth-order valence-corrected chi connectivity index (χ4v) is 1.98. The lowest BCUT2D eigenvalue weighted by Crippen LogP contribution is -2.08. The van der Waals surface area contributed by atoms with Gasteiger partial charge in [0.2, 0.25) is 0 Å². The molecular formula is C23H23NO2. The number of ether oxygens (including phenoxy) is 1. The summed E-state index contributed by atoms with van der Waals surface area (Å²) in [4.78, 5) is 10.2. The van der Waals surface area contributed by atoms with E-state index >= 15 is 0 Å². The molecule has 3 nitrogen and oxygen atoms in total. The smallest absolute Gasteiger partial charge is 0.193 e. The molecular weight excluding hydrogens is 322 g/mol. The largest absolute Gasteiger partial charge is 0.383 e. The Kier molecular flexibility index (Phi) is 10.4. The maximum atomic E-state index is 10.2. The zero-order valence-electron chi connectivity index (χ0n) is 15.0. The van der Waals surface area contributed by atoms with Gasteiger partial charge in [0, 0.05) is 35.5 Å². The second-order valence-corrected chi connectivity index (χ2v) is 4.92. The van der Waals surface area contributed by atoms with E-state index in [4.69, 9.17) is 4.74 Å². The van der Waals surface area contributed by atoms with E-state index in [2.05, 4.69) is 42.2 Å². The van der Waals surface area contributed by atoms with Gasteiger partial charge in [-0.2, -0.15) is 0 Å². The first kappa shape index (κ1) is 20.8. The molecule has 0 bridgehead atoms. The van der Waals surface area contributed by atoms with Crippen LogP contribution in [0.5, 0.6) is 0 Å². The first-order valence-corrected chi connectivity index (χ1v) is 8.31. The number of nitrogens with one attached hydrogen (secondary N) is 1. The van der Waals surface area contributed by atoms with Crippen LogP contribution in [0, 0.1) is 23.7 Å². The summed E-state index contributed by atoms with van der Waals surface area (Å²) in [6.45, 7) is 10.2. The Labute approximate surface area is 156 Å². The van der Waals surface area contributed by atoms with Crippen LogP contribution in [0.25, 0.3) is 0 Å². The SMILES string of the molecule is C=C.CCOCCNc1ccc(C#Cc2ccc(C#CC=O)cc2)cc1. The molecule has 0 spiro atoms. The van der Waals surface area contributed by atoms with Gasteiger partial charge in [-0.1, -0.05) is 17.8 Å². The van der Waals surface area contributed by atoms with Crippen LogP contribution in [0.4, 0.5) is 5.69 Å². The average molecular weight is 345 g/mol. The standard InChI is InChI=1S/C21H19NO2.C2H4/c1-2-24-17-15-22-21-13-11-20(12-14-21)10-9-19-7-5-18(6-8-19)4-3-16-23;1-2/h5-8,11-14,16,22H,2,15,17H2,1H3;1-2H2. The Morgan fingerprint density at radius 2 is 1.42 bits per heavy atom. The molecule has 0 aliphatic rings. The Morgan fingerprint density at radius 3 is 1.92 bits per heavy atom. The van der Waals surface area contributed by atoms with E-state index in [9.17, 15) is 4.79 Å². The third-order valence-corrected chi connectivity index (χ3v) is 3.18. The van der Waals surface area contributed by atoms with Gasteiger partial charge in [0.25, 0.3) is 0 Å². The first-order valence-electron chi connectivity index (χ1n) is 8.31. The lowest BCUT2D eigenvalue weighted by atomic mass is 10.1. The lowest BCUT2D eigenvalue weighted by molar-refractivity contribution is -0.103. The minimum Gasteiger partial charge on any atom is -0.383 e. The van der Waals surface area contributed by atoms with Gasteiger partial charge >= 0.3 is 0 Å². The molecule has 0 atom stereocenters. The molecule has 0 radical (unpaired) electrons. The van der Waals surface area contributed by atoms with Crippen molar-refractivity contribution in [2.24, 2.45) is 0 Å². The second kappa shape index (κ2) is 13.1. The first-order chi connectivity index (χ1) is 12.8. The molecule has 2 rings (SSSR count). The van der Waals surface area contributed by atoms with Crippen molar-refractivity contribution in [3.8, 4) is 23.7 Å². The fourth-order valence-electron chi connectivity index (χ4n) is 1.98. The second-order valence-electron chi connectivity index (χ2n) is 4.92. The maximum Gasteiger partial charge on any atom is 0.193 e. The lowest BCUT2D eigenvalue weighted by Gasteiger charge is -2.06. The van der Waals surface area contributed by atoms with Crippen LogP contribution in [0.3, 0.4) is 0 Å². The third-order valence-electron chi connectivity index (χ3n) is 3.18. The fraction of sp³-hybridized carbons (Fsp3) is 0.174. The van der Waals surface area contributed by atoms with Crippen molar-refractivity contribution in [2.75, 3.05) is 25.1 Å². The van der Waals surface area contributed by atoms with E-state index in [1.807, 2.05) is 55.5 Å². The minimum absolute atomic E-state index is 0.586. The summed E-state index contributed by atoms with van der Waals surface area (Å²) in [6.07, 6.45) is 0.586. The van der Waals surface area contributed by atoms with Gasteiger partial charge in [0.15, 0.2) is 6.29 Å². The highest BCUT2D eigenvalue weighted by Crippen LogP contribution is 2.09. The number of carbonyl (C=O) groups excluding carboxylic acids is 1. The number of benzene rings is 2. The summed E-state index contributed by atoms with van der Waals surface area (Å²) in [5.41, 5.74) is 3.72. The van der Waals surface area contributed by atoms with Crippen LogP contribution < -0.4 is 5.32 Å². The normalized spacial score (nSPS) is 8.65. The molecule has 0 unspecified atom stereocenters. The molecule has 0 aliphatic carbocycles. The van der Waals surface area contributed by atoms with Gasteiger partial charge < -0.3 is 10.1 Å². The van der Waals surface area contributed by atoms with Crippen LogP contribution >= 0.6 is 0 Å². The van der Waals surface area contributed by atoms with Gasteiger partial charge in [-0.3, -0.25) is 4.79 Å². The van der Waals surface area contributed by atoms with E-state index in [0.717, 1.165) is 35.5 Å². The van der Waals surface area contributed by atoms with Gasteiger partial charge in [-0.25, -0.2) is 0 Å². The number of carbonyl (C=O) groups is 1. The van der Waals surface area contributed by atoms with Crippen LogP contribution in [0.15, 0.2) is 61.7 Å². The summed E-state index contributed by atoms with van der Waals surface area (Å²) < 4.78 is 5.29. The Bertz CT molecular complexity index is 785. The molecule has 0 saturated carbocycles. The highest BCUT2D eigenvalue weighted by molar-refractivity contribution is 5.74. The molecule has 0 saturated heterocycles. The molecule has 1 N–H and O–H groups in total. The molecule has 0 amide bonds. The maximum absolute atomic E-state index is 10.2. The van der Waals surface area contributed by atoms with Crippen molar-refractivity contribution in [3.05, 3.63) is 78.4 Å². The predicted octanol–water partition coefficient (Wildman–Crippen LogP) is 3.89. The highest BCUT2D eigenvalue weighted by atomic mass is 16.5. The zero-order valence-corrected chi connectivity index (χ0v) is 15.0.